The van der Waals surface area contributed by atoms with Gasteiger partial charge in [0, 0.05) is 25.3 Å². The molecule has 0 saturated heterocycles. The van der Waals surface area contributed by atoms with Crippen molar-refractivity contribution in [2.24, 2.45) is 5.92 Å². The lowest BCUT2D eigenvalue weighted by Gasteiger charge is -2.12. The molecular weight excluding hydrogens is 291 g/mol. The van der Waals surface area contributed by atoms with Gasteiger partial charge in [-0.15, -0.1) is 0 Å². The highest BCUT2D eigenvalue weighted by Gasteiger charge is 2.22. The summed E-state index contributed by atoms with van der Waals surface area (Å²) in [5, 5.41) is 19.3. The van der Waals surface area contributed by atoms with Crippen LogP contribution in [0.25, 0.3) is 0 Å². The van der Waals surface area contributed by atoms with Gasteiger partial charge < -0.3 is 5.11 Å². The van der Waals surface area contributed by atoms with Gasteiger partial charge in [0.15, 0.2) is 0 Å². The monoisotopic (exact) mass is 306 g/mol. The predicted molar refractivity (Wildman–Crippen MR) is 69.1 cm³/mol. The average Bonchev–Trinajstić information content (AvgIpc) is 2.37. The SMILES string of the molecule is CC(CCO)CNS(=O)(=O)c1cc([N+](=O)[O-])ccc1F. The van der Waals surface area contributed by atoms with Gasteiger partial charge in [0.25, 0.3) is 5.69 Å². The van der Waals surface area contributed by atoms with Gasteiger partial charge in [-0.2, -0.15) is 0 Å². The quantitative estimate of drug-likeness (QED) is 0.577. The first-order valence-corrected chi connectivity index (χ1v) is 7.30. The molecule has 0 heterocycles. The van der Waals surface area contributed by atoms with Crippen LogP contribution in [-0.2, 0) is 10.0 Å². The molecule has 0 aliphatic carbocycles. The number of sulfonamides is 1. The minimum atomic E-state index is -4.17. The van der Waals surface area contributed by atoms with E-state index in [1.807, 2.05) is 0 Å². The van der Waals surface area contributed by atoms with Gasteiger partial charge in [0.2, 0.25) is 10.0 Å². The van der Waals surface area contributed by atoms with Crippen molar-refractivity contribution in [1.82, 2.24) is 4.72 Å². The number of hydrogen-bond donors (Lipinski definition) is 2. The fourth-order valence-electron chi connectivity index (χ4n) is 1.46. The van der Waals surface area contributed by atoms with Gasteiger partial charge >= 0.3 is 0 Å². The zero-order valence-corrected chi connectivity index (χ0v) is 11.6. The van der Waals surface area contributed by atoms with Crippen molar-refractivity contribution >= 4 is 15.7 Å². The minimum absolute atomic E-state index is 0.00499. The summed E-state index contributed by atoms with van der Waals surface area (Å²) in [5.74, 6) is -1.20. The molecule has 2 N–H and O–H groups in total. The average molecular weight is 306 g/mol. The largest absolute Gasteiger partial charge is 0.396 e. The van der Waals surface area contributed by atoms with E-state index in [2.05, 4.69) is 4.72 Å². The van der Waals surface area contributed by atoms with Gasteiger partial charge in [-0.1, -0.05) is 6.92 Å². The zero-order valence-electron chi connectivity index (χ0n) is 10.7. The van der Waals surface area contributed by atoms with Gasteiger partial charge in [-0.3, -0.25) is 10.1 Å². The smallest absolute Gasteiger partial charge is 0.270 e. The number of nitrogens with one attached hydrogen (secondary N) is 1. The van der Waals surface area contributed by atoms with Crippen molar-refractivity contribution in [3.8, 4) is 0 Å². The Kier molecular flexibility index (Phi) is 5.54. The molecule has 0 bridgehead atoms. The number of nitro groups is 1. The van der Waals surface area contributed by atoms with E-state index < -0.39 is 31.3 Å². The van der Waals surface area contributed by atoms with Crippen LogP contribution in [0.2, 0.25) is 0 Å². The molecule has 112 valence electrons. The summed E-state index contributed by atoms with van der Waals surface area (Å²) in [5.41, 5.74) is -0.504. The van der Waals surface area contributed by atoms with Crippen LogP contribution in [0.1, 0.15) is 13.3 Å². The highest BCUT2D eigenvalue weighted by atomic mass is 32.2. The number of non-ortho nitro benzene ring substituents is 1. The molecule has 0 amide bonds. The maximum absolute atomic E-state index is 13.5. The molecule has 9 heteroatoms. The third kappa shape index (κ3) is 4.22. The molecule has 1 unspecified atom stereocenters. The number of nitro benzene ring substituents is 1. The standard InChI is InChI=1S/C11H15FN2O5S/c1-8(4-5-15)7-13-20(18,19)11-6-9(14(16)17)2-3-10(11)12/h2-3,6,8,13,15H,4-5,7H2,1H3. The second-order valence-corrected chi connectivity index (χ2v) is 6.08. The van der Waals surface area contributed by atoms with Crippen LogP contribution in [-0.4, -0.2) is 31.6 Å². The Bertz CT molecular complexity index is 590. The molecule has 1 atom stereocenters. The van der Waals surface area contributed by atoms with Crippen LogP contribution in [0.15, 0.2) is 23.1 Å². The number of rotatable bonds is 7. The molecule has 0 spiro atoms. The molecular formula is C11H15FN2O5S. The molecule has 0 fully saturated rings. The van der Waals surface area contributed by atoms with Crippen molar-refractivity contribution in [1.29, 1.82) is 0 Å². The Morgan fingerprint density at radius 1 is 1.50 bits per heavy atom. The Hall–Kier alpha value is -1.58. The first kappa shape index (κ1) is 16.5. The van der Waals surface area contributed by atoms with Gasteiger partial charge in [0.05, 0.1) is 4.92 Å². The maximum Gasteiger partial charge on any atom is 0.270 e. The van der Waals surface area contributed by atoms with E-state index in [1.54, 1.807) is 6.92 Å². The summed E-state index contributed by atoms with van der Waals surface area (Å²) >= 11 is 0. The lowest BCUT2D eigenvalue weighted by atomic mass is 10.1. The molecule has 1 rings (SSSR count). The Morgan fingerprint density at radius 3 is 2.70 bits per heavy atom. The van der Waals surface area contributed by atoms with Crippen LogP contribution in [0.5, 0.6) is 0 Å². The van der Waals surface area contributed by atoms with Crippen molar-refractivity contribution in [2.75, 3.05) is 13.2 Å². The van der Waals surface area contributed by atoms with Gasteiger partial charge in [-0.05, 0) is 18.4 Å². The molecule has 0 radical (unpaired) electrons. The highest BCUT2D eigenvalue weighted by molar-refractivity contribution is 7.89. The number of hydrogen-bond acceptors (Lipinski definition) is 5. The van der Waals surface area contributed by atoms with Crippen molar-refractivity contribution < 1.29 is 22.8 Å². The topological polar surface area (TPSA) is 110 Å². The first-order chi connectivity index (χ1) is 9.27. The lowest BCUT2D eigenvalue weighted by Crippen LogP contribution is -2.29. The number of aliphatic hydroxyl groups excluding tert-OH is 1. The van der Waals surface area contributed by atoms with Crippen LogP contribution in [0.3, 0.4) is 0 Å². The molecule has 1 aromatic rings. The van der Waals surface area contributed by atoms with Crippen molar-refractivity contribution in [3.05, 3.63) is 34.1 Å². The molecule has 0 aromatic heterocycles. The minimum Gasteiger partial charge on any atom is -0.396 e. The highest BCUT2D eigenvalue weighted by Crippen LogP contribution is 2.21. The van der Waals surface area contributed by atoms with E-state index in [-0.39, 0.29) is 19.1 Å². The number of halogens is 1. The van der Waals surface area contributed by atoms with Gasteiger partial charge in [0.1, 0.15) is 10.7 Å². The summed E-state index contributed by atoms with van der Waals surface area (Å²) < 4.78 is 39.5. The Balaban J connectivity index is 2.97. The summed E-state index contributed by atoms with van der Waals surface area (Å²) in [4.78, 5) is 9.02. The van der Waals surface area contributed by atoms with E-state index >= 15 is 0 Å². The van der Waals surface area contributed by atoms with E-state index in [0.717, 1.165) is 12.1 Å². The normalized spacial score (nSPS) is 13.2. The third-order valence-electron chi connectivity index (χ3n) is 2.66. The Labute approximate surface area is 115 Å². The lowest BCUT2D eigenvalue weighted by molar-refractivity contribution is -0.385. The fraction of sp³-hybridized carbons (Fsp3) is 0.455. The first-order valence-electron chi connectivity index (χ1n) is 5.82. The van der Waals surface area contributed by atoms with E-state index in [4.69, 9.17) is 5.11 Å². The fourth-order valence-corrected chi connectivity index (χ4v) is 2.72. The maximum atomic E-state index is 13.5. The molecule has 1 aromatic carbocycles. The molecule has 0 aliphatic heterocycles. The number of aliphatic hydroxyl groups is 1. The Morgan fingerprint density at radius 2 is 2.15 bits per heavy atom. The summed E-state index contributed by atoms with van der Waals surface area (Å²) in [6.45, 7) is 1.63. The number of nitrogens with zero attached hydrogens (tertiary/aromatic N) is 1. The third-order valence-corrected chi connectivity index (χ3v) is 4.10. The van der Waals surface area contributed by atoms with Crippen LogP contribution in [0.4, 0.5) is 10.1 Å². The van der Waals surface area contributed by atoms with Crippen LogP contribution in [0, 0.1) is 21.8 Å². The number of benzene rings is 1. The molecule has 0 aliphatic rings. The van der Waals surface area contributed by atoms with E-state index in [1.165, 1.54) is 0 Å². The predicted octanol–water partition coefficient (Wildman–Crippen LogP) is 1.03. The molecule has 20 heavy (non-hydrogen) atoms. The second-order valence-electron chi connectivity index (χ2n) is 4.34. The second kappa shape index (κ2) is 6.73. The summed E-state index contributed by atoms with van der Waals surface area (Å²) in [7, 11) is -4.17. The molecule has 0 saturated carbocycles. The summed E-state index contributed by atoms with van der Waals surface area (Å²) in [6.07, 6.45) is 0.389. The van der Waals surface area contributed by atoms with Crippen LogP contribution >= 0.6 is 0 Å². The van der Waals surface area contributed by atoms with E-state index in [0.29, 0.717) is 12.5 Å². The zero-order chi connectivity index (χ0) is 15.3. The summed E-state index contributed by atoms with van der Waals surface area (Å²) in [6, 6.07) is 2.31. The molecule has 7 nitrogen and oxygen atoms in total. The van der Waals surface area contributed by atoms with E-state index in [9.17, 15) is 22.9 Å². The van der Waals surface area contributed by atoms with Crippen molar-refractivity contribution in [3.63, 3.8) is 0 Å². The van der Waals surface area contributed by atoms with Crippen LogP contribution < -0.4 is 4.72 Å². The van der Waals surface area contributed by atoms with Gasteiger partial charge in [-0.25, -0.2) is 17.5 Å². The van der Waals surface area contributed by atoms with Crippen molar-refractivity contribution in [2.45, 2.75) is 18.2 Å².